The lowest BCUT2D eigenvalue weighted by atomic mass is 10.0. The van der Waals surface area contributed by atoms with E-state index in [1.165, 1.54) is 37.5 Å². The second-order valence-corrected chi connectivity index (χ2v) is 4.04. The molecule has 2 atom stereocenters. The Morgan fingerprint density at radius 3 is 1.45 bits per heavy atom. The largest absolute Gasteiger partial charge is 0.0654 e. The zero-order valence-electron chi connectivity index (χ0n) is 8.10. The molecule has 0 saturated heterocycles. The monoisotopic (exact) mass is 154 g/mol. The standard InChI is InChI=1S/C6H14.C5H8/c1-3-5-6-4-2;1-2-5-3-4(1)5/h3-6H2,1-2H3;4-5H,1-3H2. The van der Waals surface area contributed by atoms with Crippen molar-refractivity contribution in [1.82, 2.24) is 0 Å². The molecule has 2 saturated carbocycles. The first kappa shape index (κ1) is 9.09. The van der Waals surface area contributed by atoms with Crippen molar-refractivity contribution in [2.24, 2.45) is 11.8 Å². The van der Waals surface area contributed by atoms with Crippen LogP contribution in [0.5, 0.6) is 0 Å². The molecule has 2 aliphatic rings. The Bertz CT molecular complexity index is 80.2. The van der Waals surface area contributed by atoms with Crippen molar-refractivity contribution in [1.29, 1.82) is 0 Å². The zero-order chi connectivity index (χ0) is 8.10. The van der Waals surface area contributed by atoms with Crippen molar-refractivity contribution in [3.63, 3.8) is 0 Å². The Hall–Kier alpha value is 0. The van der Waals surface area contributed by atoms with Gasteiger partial charge in [-0.05, 0) is 31.1 Å². The van der Waals surface area contributed by atoms with E-state index in [0.29, 0.717) is 0 Å². The predicted molar refractivity (Wildman–Crippen MR) is 50.6 cm³/mol. The third-order valence-electron chi connectivity index (χ3n) is 2.93. The van der Waals surface area contributed by atoms with Crippen LogP contribution in [0.15, 0.2) is 0 Å². The van der Waals surface area contributed by atoms with Crippen molar-refractivity contribution < 1.29 is 0 Å². The third kappa shape index (κ3) is 3.27. The molecule has 0 spiro atoms. The first-order valence-electron chi connectivity index (χ1n) is 5.38. The normalized spacial score (nSPS) is 31.1. The Balaban J connectivity index is 0.000000110. The van der Waals surface area contributed by atoms with E-state index in [1.54, 1.807) is 19.3 Å². The minimum Gasteiger partial charge on any atom is -0.0654 e. The highest BCUT2D eigenvalue weighted by atomic mass is 14.5. The van der Waals surface area contributed by atoms with Crippen molar-refractivity contribution in [3.8, 4) is 0 Å². The minimum absolute atomic E-state index is 1.23. The smallest absolute Gasteiger partial charge is 0.0383 e. The van der Waals surface area contributed by atoms with Crippen LogP contribution in [0.25, 0.3) is 0 Å². The van der Waals surface area contributed by atoms with Crippen LogP contribution in [-0.4, -0.2) is 0 Å². The van der Waals surface area contributed by atoms with Crippen LogP contribution in [0.1, 0.15) is 58.8 Å². The molecule has 2 unspecified atom stereocenters. The maximum absolute atomic E-state index is 2.23. The van der Waals surface area contributed by atoms with Gasteiger partial charge in [0.2, 0.25) is 0 Å². The summed E-state index contributed by atoms with van der Waals surface area (Å²) in [4.78, 5) is 0. The van der Waals surface area contributed by atoms with E-state index in [9.17, 15) is 0 Å². The maximum Gasteiger partial charge on any atom is -0.0383 e. The number of fused-ring (bicyclic) bond motifs is 1. The fourth-order valence-electron chi connectivity index (χ4n) is 1.68. The minimum atomic E-state index is 1.23. The van der Waals surface area contributed by atoms with Gasteiger partial charge in [0, 0.05) is 0 Å². The number of unbranched alkanes of at least 4 members (excludes halogenated alkanes) is 3. The number of rotatable bonds is 3. The highest BCUT2D eigenvalue weighted by molar-refractivity contribution is 4.95. The molecule has 0 heteroatoms. The molecule has 66 valence electrons. The Kier molecular flexibility index (Phi) is 3.96. The first-order valence-corrected chi connectivity index (χ1v) is 5.38. The van der Waals surface area contributed by atoms with Gasteiger partial charge >= 0.3 is 0 Å². The average Bonchev–Trinajstić information content (AvgIpc) is 2.56. The average molecular weight is 154 g/mol. The third-order valence-corrected chi connectivity index (χ3v) is 2.93. The Labute approximate surface area is 71.4 Å². The van der Waals surface area contributed by atoms with Gasteiger partial charge in [-0.15, -0.1) is 0 Å². The number of hydrogen-bond donors (Lipinski definition) is 0. The summed E-state index contributed by atoms with van der Waals surface area (Å²) in [7, 11) is 0. The molecule has 0 heterocycles. The fraction of sp³-hybridized carbons (Fsp3) is 1.00. The van der Waals surface area contributed by atoms with Gasteiger partial charge < -0.3 is 0 Å². The van der Waals surface area contributed by atoms with E-state index < -0.39 is 0 Å². The van der Waals surface area contributed by atoms with Gasteiger partial charge in [0.05, 0.1) is 0 Å². The van der Waals surface area contributed by atoms with E-state index in [4.69, 9.17) is 0 Å². The van der Waals surface area contributed by atoms with E-state index >= 15 is 0 Å². The molecule has 2 fully saturated rings. The van der Waals surface area contributed by atoms with Gasteiger partial charge in [0.1, 0.15) is 0 Å². The summed E-state index contributed by atoms with van der Waals surface area (Å²) in [6, 6.07) is 0. The maximum atomic E-state index is 2.23. The van der Waals surface area contributed by atoms with E-state index in [2.05, 4.69) is 13.8 Å². The predicted octanol–water partition coefficient (Wildman–Crippen LogP) is 4.00. The van der Waals surface area contributed by atoms with Gasteiger partial charge in [-0.1, -0.05) is 39.5 Å². The zero-order valence-corrected chi connectivity index (χ0v) is 8.10. The van der Waals surface area contributed by atoms with E-state index in [-0.39, 0.29) is 0 Å². The SMILES string of the molecule is C1CC2CC12.CCCCCC. The second-order valence-electron chi connectivity index (χ2n) is 4.04. The van der Waals surface area contributed by atoms with Gasteiger partial charge in [-0.3, -0.25) is 0 Å². The summed E-state index contributed by atoms with van der Waals surface area (Å²) in [6.07, 6.45) is 10.2. The summed E-state index contributed by atoms with van der Waals surface area (Å²) >= 11 is 0. The molecule has 0 aromatic rings. The van der Waals surface area contributed by atoms with Crippen LogP contribution >= 0.6 is 0 Å². The van der Waals surface area contributed by atoms with Gasteiger partial charge in [0.25, 0.3) is 0 Å². The molecule has 2 rings (SSSR count). The topological polar surface area (TPSA) is 0 Å². The number of hydrogen-bond acceptors (Lipinski definition) is 0. The summed E-state index contributed by atoms with van der Waals surface area (Å²) in [5, 5.41) is 0. The van der Waals surface area contributed by atoms with Crippen molar-refractivity contribution in [2.45, 2.75) is 58.8 Å². The fourth-order valence-corrected chi connectivity index (χ4v) is 1.68. The van der Waals surface area contributed by atoms with E-state index in [0.717, 1.165) is 0 Å². The quantitative estimate of drug-likeness (QED) is 0.539. The van der Waals surface area contributed by atoms with Crippen LogP contribution in [0.2, 0.25) is 0 Å². The summed E-state index contributed by atoms with van der Waals surface area (Å²) in [5.74, 6) is 2.46. The highest BCUT2D eigenvalue weighted by Crippen LogP contribution is 2.55. The molecule has 0 N–H and O–H groups in total. The van der Waals surface area contributed by atoms with Gasteiger partial charge in [-0.2, -0.15) is 0 Å². The van der Waals surface area contributed by atoms with Crippen molar-refractivity contribution in [3.05, 3.63) is 0 Å². The molecule has 0 aromatic heterocycles. The first-order chi connectivity index (χ1) is 5.38. The van der Waals surface area contributed by atoms with Crippen LogP contribution in [0.4, 0.5) is 0 Å². The van der Waals surface area contributed by atoms with Crippen LogP contribution < -0.4 is 0 Å². The summed E-state index contributed by atoms with van der Waals surface area (Å²) in [5.41, 5.74) is 0. The second kappa shape index (κ2) is 4.79. The van der Waals surface area contributed by atoms with Crippen molar-refractivity contribution in [2.75, 3.05) is 0 Å². The molecule has 0 aromatic carbocycles. The molecular formula is C11H22. The molecule has 0 amide bonds. The summed E-state index contributed by atoms with van der Waals surface area (Å²) < 4.78 is 0. The molecule has 0 nitrogen and oxygen atoms in total. The lowest BCUT2D eigenvalue weighted by Crippen LogP contribution is -1.93. The highest BCUT2D eigenvalue weighted by Gasteiger charge is 2.44. The summed E-state index contributed by atoms with van der Waals surface area (Å²) in [6.45, 7) is 4.46. The lowest BCUT2D eigenvalue weighted by molar-refractivity contribution is 0.468. The van der Waals surface area contributed by atoms with Gasteiger partial charge in [-0.25, -0.2) is 0 Å². The van der Waals surface area contributed by atoms with E-state index in [1.807, 2.05) is 0 Å². The van der Waals surface area contributed by atoms with Gasteiger partial charge in [0.15, 0.2) is 0 Å². The molecule has 0 bridgehead atoms. The molecular weight excluding hydrogens is 132 g/mol. The molecule has 0 aliphatic heterocycles. The Morgan fingerprint density at radius 2 is 1.36 bits per heavy atom. The molecule has 0 radical (unpaired) electrons. The molecule has 11 heavy (non-hydrogen) atoms. The van der Waals surface area contributed by atoms with Crippen LogP contribution in [0.3, 0.4) is 0 Å². The molecule has 2 aliphatic carbocycles. The Morgan fingerprint density at radius 1 is 0.909 bits per heavy atom. The van der Waals surface area contributed by atoms with Crippen molar-refractivity contribution >= 4 is 0 Å². The van der Waals surface area contributed by atoms with Crippen LogP contribution in [0, 0.1) is 11.8 Å². The lowest BCUT2D eigenvalue weighted by Gasteiger charge is -2.04. The van der Waals surface area contributed by atoms with Crippen LogP contribution in [-0.2, 0) is 0 Å².